The predicted molar refractivity (Wildman–Crippen MR) is 60.2 cm³/mol. The van der Waals surface area contributed by atoms with Crippen LogP contribution in [0, 0.1) is 5.41 Å². The molecule has 1 atom stereocenters. The van der Waals surface area contributed by atoms with Crippen LogP contribution >= 0.6 is 0 Å². The number of aliphatic hydroxyl groups excluding tert-OH is 1. The molecule has 1 aliphatic rings. The molecule has 1 unspecified atom stereocenters. The highest BCUT2D eigenvalue weighted by Gasteiger charge is 2.51. The van der Waals surface area contributed by atoms with E-state index in [1.165, 1.54) is 0 Å². The third-order valence-corrected chi connectivity index (χ3v) is 3.23. The Balaban J connectivity index is 2.60. The summed E-state index contributed by atoms with van der Waals surface area (Å²) in [6.07, 6.45) is 0.874. The maximum Gasteiger partial charge on any atom is 0.314 e. The summed E-state index contributed by atoms with van der Waals surface area (Å²) in [7, 11) is 0. The van der Waals surface area contributed by atoms with Crippen LogP contribution in [0.4, 0.5) is 0 Å². The lowest BCUT2D eigenvalue weighted by Gasteiger charge is -2.42. The van der Waals surface area contributed by atoms with Gasteiger partial charge in [-0.25, -0.2) is 0 Å². The normalized spacial score (nSPS) is 19.0. The minimum atomic E-state index is -1.01. The Morgan fingerprint density at radius 2 is 1.82 bits per heavy atom. The number of hydrogen-bond acceptors (Lipinski definition) is 5. The van der Waals surface area contributed by atoms with Gasteiger partial charge in [-0.2, -0.15) is 0 Å². The Hall–Kier alpha value is -1.10. The SMILES string of the molecule is CCOC(=O)CC(O)C1(C(=O)OCC)CCC1. The molecule has 0 aromatic carbocycles. The number of carbonyl (C=O) groups excluding carboxylic acids is 2. The molecule has 0 amide bonds. The molecule has 1 rings (SSSR count). The standard InChI is InChI=1S/C12H20O5/c1-3-16-10(14)8-9(13)12(6-5-7-12)11(15)17-4-2/h9,13H,3-8H2,1-2H3. The van der Waals surface area contributed by atoms with Gasteiger partial charge in [0.15, 0.2) is 0 Å². The largest absolute Gasteiger partial charge is 0.466 e. The van der Waals surface area contributed by atoms with E-state index in [4.69, 9.17) is 9.47 Å². The molecule has 0 aliphatic heterocycles. The molecule has 98 valence electrons. The quantitative estimate of drug-likeness (QED) is 0.706. The summed E-state index contributed by atoms with van der Waals surface area (Å²) in [6, 6.07) is 0. The van der Waals surface area contributed by atoms with E-state index in [0.717, 1.165) is 6.42 Å². The van der Waals surface area contributed by atoms with Gasteiger partial charge >= 0.3 is 11.9 Å². The third kappa shape index (κ3) is 2.97. The number of esters is 2. The summed E-state index contributed by atoms with van der Waals surface area (Å²) < 4.78 is 9.73. The lowest BCUT2D eigenvalue weighted by Crippen LogP contribution is -2.49. The van der Waals surface area contributed by atoms with Crippen LogP contribution in [0.15, 0.2) is 0 Å². The molecule has 1 saturated carbocycles. The zero-order valence-electron chi connectivity index (χ0n) is 10.4. The highest BCUT2D eigenvalue weighted by atomic mass is 16.5. The second-order valence-electron chi connectivity index (χ2n) is 4.26. The van der Waals surface area contributed by atoms with Crippen molar-refractivity contribution >= 4 is 11.9 Å². The van der Waals surface area contributed by atoms with Gasteiger partial charge in [-0.15, -0.1) is 0 Å². The molecule has 1 fully saturated rings. The second-order valence-corrected chi connectivity index (χ2v) is 4.26. The van der Waals surface area contributed by atoms with Crippen LogP contribution in [-0.4, -0.2) is 36.4 Å². The monoisotopic (exact) mass is 244 g/mol. The van der Waals surface area contributed by atoms with Crippen molar-refractivity contribution < 1.29 is 24.2 Å². The van der Waals surface area contributed by atoms with Crippen molar-refractivity contribution in [3.05, 3.63) is 0 Å². The Bertz CT molecular complexity index is 283. The molecule has 1 aliphatic carbocycles. The number of aliphatic hydroxyl groups is 1. The molecule has 0 heterocycles. The van der Waals surface area contributed by atoms with Gasteiger partial charge in [-0.3, -0.25) is 9.59 Å². The van der Waals surface area contributed by atoms with E-state index < -0.39 is 23.5 Å². The molecule has 0 aromatic heterocycles. The van der Waals surface area contributed by atoms with Crippen LogP contribution in [0.5, 0.6) is 0 Å². The molecule has 0 spiro atoms. The number of carbonyl (C=O) groups is 2. The highest BCUT2D eigenvalue weighted by Crippen LogP contribution is 2.46. The van der Waals surface area contributed by atoms with E-state index in [1.807, 2.05) is 0 Å². The first-order valence-corrected chi connectivity index (χ1v) is 6.07. The molecule has 0 bridgehead atoms. The lowest BCUT2D eigenvalue weighted by atomic mass is 9.64. The van der Waals surface area contributed by atoms with Crippen LogP contribution in [0.3, 0.4) is 0 Å². The predicted octanol–water partition coefficient (Wildman–Crippen LogP) is 1.03. The Kier molecular flexibility index (Phi) is 4.93. The Labute approximate surface area is 101 Å². The first-order chi connectivity index (χ1) is 8.06. The Morgan fingerprint density at radius 1 is 1.24 bits per heavy atom. The van der Waals surface area contributed by atoms with Crippen molar-refractivity contribution in [2.45, 2.75) is 45.6 Å². The van der Waals surface area contributed by atoms with Gasteiger partial charge in [0, 0.05) is 0 Å². The highest BCUT2D eigenvalue weighted by molar-refractivity contribution is 5.80. The first kappa shape index (κ1) is 14.0. The minimum absolute atomic E-state index is 0.146. The molecule has 0 radical (unpaired) electrons. The molecule has 0 aromatic rings. The smallest absolute Gasteiger partial charge is 0.314 e. The van der Waals surface area contributed by atoms with Gasteiger partial charge in [0.25, 0.3) is 0 Å². The van der Waals surface area contributed by atoms with Crippen molar-refractivity contribution in [1.29, 1.82) is 0 Å². The van der Waals surface area contributed by atoms with Gasteiger partial charge in [-0.1, -0.05) is 6.42 Å². The molecule has 17 heavy (non-hydrogen) atoms. The molecule has 5 heteroatoms. The molecule has 5 nitrogen and oxygen atoms in total. The number of ether oxygens (including phenoxy) is 2. The van der Waals surface area contributed by atoms with Gasteiger partial charge in [0.1, 0.15) is 0 Å². The topological polar surface area (TPSA) is 72.8 Å². The summed E-state index contributed by atoms with van der Waals surface area (Å²) in [6.45, 7) is 3.99. The molecular weight excluding hydrogens is 224 g/mol. The van der Waals surface area contributed by atoms with Gasteiger partial charge in [0.05, 0.1) is 31.2 Å². The maximum atomic E-state index is 11.8. The Morgan fingerprint density at radius 3 is 2.24 bits per heavy atom. The van der Waals surface area contributed by atoms with Gasteiger partial charge < -0.3 is 14.6 Å². The van der Waals surface area contributed by atoms with E-state index in [-0.39, 0.29) is 19.6 Å². The van der Waals surface area contributed by atoms with Crippen molar-refractivity contribution in [3.8, 4) is 0 Å². The lowest BCUT2D eigenvalue weighted by molar-refractivity contribution is -0.174. The summed E-state index contributed by atoms with van der Waals surface area (Å²) in [5.74, 6) is -0.876. The molecule has 1 N–H and O–H groups in total. The number of hydrogen-bond donors (Lipinski definition) is 1. The molecule has 0 saturated heterocycles. The fraction of sp³-hybridized carbons (Fsp3) is 0.833. The number of rotatable bonds is 6. The van der Waals surface area contributed by atoms with Crippen molar-refractivity contribution in [1.82, 2.24) is 0 Å². The van der Waals surface area contributed by atoms with Crippen LogP contribution < -0.4 is 0 Å². The summed E-state index contributed by atoms with van der Waals surface area (Å²) in [5, 5.41) is 10.0. The van der Waals surface area contributed by atoms with Crippen molar-refractivity contribution in [2.75, 3.05) is 13.2 Å². The van der Waals surface area contributed by atoms with Crippen LogP contribution in [-0.2, 0) is 19.1 Å². The zero-order chi connectivity index (χ0) is 12.9. The van der Waals surface area contributed by atoms with E-state index in [2.05, 4.69) is 0 Å². The van der Waals surface area contributed by atoms with E-state index >= 15 is 0 Å². The van der Waals surface area contributed by atoms with Crippen molar-refractivity contribution in [2.24, 2.45) is 5.41 Å². The third-order valence-electron chi connectivity index (χ3n) is 3.23. The average molecular weight is 244 g/mol. The fourth-order valence-electron chi connectivity index (χ4n) is 2.08. The second kappa shape index (κ2) is 6.00. The van der Waals surface area contributed by atoms with E-state index in [1.54, 1.807) is 13.8 Å². The summed E-state index contributed by atoms with van der Waals surface area (Å²) in [4.78, 5) is 23.1. The molecular formula is C12H20O5. The van der Waals surface area contributed by atoms with E-state index in [9.17, 15) is 14.7 Å². The van der Waals surface area contributed by atoms with Gasteiger partial charge in [-0.05, 0) is 26.7 Å². The zero-order valence-corrected chi connectivity index (χ0v) is 10.4. The van der Waals surface area contributed by atoms with Crippen LogP contribution in [0.2, 0.25) is 0 Å². The maximum absolute atomic E-state index is 11.8. The summed E-state index contributed by atoms with van der Waals surface area (Å²) in [5.41, 5.74) is -0.886. The average Bonchev–Trinajstić information content (AvgIpc) is 2.16. The fourth-order valence-corrected chi connectivity index (χ4v) is 2.08. The van der Waals surface area contributed by atoms with Crippen molar-refractivity contribution in [3.63, 3.8) is 0 Å². The summed E-state index contributed by atoms with van der Waals surface area (Å²) >= 11 is 0. The van der Waals surface area contributed by atoms with E-state index in [0.29, 0.717) is 12.8 Å². The first-order valence-electron chi connectivity index (χ1n) is 6.07. The van der Waals surface area contributed by atoms with Crippen LogP contribution in [0.1, 0.15) is 39.5 Å². The minimum Gasteiger partial charge on any atom is -0.466 e. The van der Waals surface area contributed by atoms with Gasteiger partial charge in [0.2, 0.25) is 0 Å². The van der Waals surface area contributed by atoms with Crippen LogP contribution in [0.25, 0.3) is 0 Å².